The Morgan fingerprint density at radius 3 is 2.47 bits per heavy atom. The molecule has 1 aromatic heterocycles. The number of esters is 1. The summed E-state index contributed by atoms with van der Waals surface area (Å²) >= 11 is 12.8. The molecule has 36 heavy (non-hydrogen) atoms. The van der Waals surface area contributed by atoms with E-state index >= 15 is 0 Å². The van der Waals surface area contributed by atoms with Crippen molar-refractivity contribution in [3.8, 4) is 6.07 Å². The number of aromatic amines is 1. The van der Waals surface area contributed by atoms with Crippen molar-refractivity contribution in [2.45, 2.75) is 20.3 Å². The first-order valence-corrected chi connectivity index (χ1v) is 12.4. The molecule has 0 spiro atoms. The fraction of sp³-hybridized carbons (Fsp3) is 0.133. The van der Waals surface area contributed by atoms with Crippen LogP contribution in [0.2, 0.25) is 10.0 Å². The molecule has 4 nitrogen and oxygen atoms in total. The number of hydrogen-bond acceptors (Lipinski definition) is 3. The number of aromatic nitrogens is 1. The van der Waals surface area contributed by atoms with Crippen LogP contribution in [0.15, 0.2) is 72.8 Å². The highest BCUT2D eigenvalue weighted by atomic mass is 35.5. The lowest BCUT2D eigenvalue weighted by atomic mass is 9.89. The van der Waals surface area contributed by atoms with Crippen LogP contribution in [0.1, 0.15) is 48.2 Å². The highest BCUT2D eigenvalue weighted by Crippen LogP contribution is 2.40. The first-order chi connectivity index (χ1) is 17.5. The number of nitrogens with zero attached hydrogens (tertiary/aromatic N) is 1. The van der Waals surface area contributed by atoms with Crippen LogP contribution in [0.25, 0.3) is 28.1 Å². The molecule has 4 rings (SSSR count). The second-order valence-corrected chi connectivity index (χ2v) is 8.91. The van der Waals surface area contributed by atoms with Crippen molar-refractivity contribution in [1.29, 1.82) is 5.26 Å². The number of H-pyrrole nitrogens is 1. The van der Waals surface area contributed by atoms with E-state index < -0.39 is 0 Å². The van der Waals surface area contributed by atoms with E-state index in [0.717, 1.165) is 44.4 Å². The smallest absolute Gasteiger partial charge is 0.330 e. The molecule has 0 atom stereocenters. The van der Waals surface area contributed by atoms with Gasteiger partial charge in [0.25, 0.3) is 0 Å². The Hall–Kier alpha value is -3.78. The number of ether oxygens (including phenoxy) is 1. The number of hydrogen-bond donors (Lipinski definition) is 1. The number of allylic oxidation sites excluding steroid dienone is 1. The molecule has 6 heteroatoms. The molecule has 0 unspecified atom stereocenters. The third-order valence-corrected chi connectivity index (χ3v) is 6.43. The van der Waals surface area contributed by atoms with Gasteiger partial charge in [-0.3, -0.25) is 0 Å². The van der Waals surface area contributed by atoms with E-state index in [9.17, 15) is 10.1 Å². The minimum atomic E-state index is -0.385. The van der Waals surface area contributed by atoms with Crippen molar-refractivity contribution < 1.29 is 9.53 Å². The highest BCUT2D eigenvalue weighted by molar-refractivity contribution is 6.36. The fourth-order valence-corrected chi connectivity index (χ4v) is 4.79. The molecule has 1 N–H and O–H groups in total. The standard InChI is InChI=1S/C30H24Cl2N2O2/c1-3-22(23-15-14-21(31)17-26(23)32)29(30-25(18-33)24-7-5-6-8-27(24)34-30)20-12-9-19(10-13-20)11-16-28(35)36-4-2/h5-17,34H,3-4H2,1-2H3/b16-11+,29-22+. The predicted octanol–water partition coefficient (Wildman–Crippen LogP) is 8.29. The van der Waals surface area contributed by atoms with Gasteiger partial charge in [-0.15, -0.1) is 0 Å². The maximum absolute atomic E-state index is 11.7. The molecule has 0 aliphatic heterocycles. The van der Waals surface area contributed by atoms with Crippen LogP contribution in [-0.4, -0.2) is 17.6 Å². The van der Waals surface area contributed by atoms with Crippen molar-refractivity contribution >= 4 is 57.3 Å². The molecule has 0 aliphatic carbocycles. The molecular formula is C30H24Cl2N2O2. The lowest BCUT2D eigenvalue weighted by Crippen LogP contribution is -1.99. The van der Waals surface area contributed by atoms with E-state index in [-0.39, 0.29) is 5.97 Å². The molecule has 0 aliphatic rings. The molecule has 180 valence electrons. The second-order valence-electron chi connectivity index (χ2n) is 8.07. The number of halogens is 2. The number of rotatable bonds is 7. The average Bonchev–Trinajstić information content (AvgIpc) is 3.25. The van der Waals surface area contributed by atoms with Crippen molar-refractivity contribution in [3.63, 3.8) is 0 Å². The summed E-state index contributed by atoms with van der Waals surface area (Å²) in [5.74, 6) is -0.385. The summed E-state index contributed by atoms with van der Waals surface area (Å²) in [6, 6.07) is 23.4. The fourth-order valence-electron chi connectivity index (χ4n) is 4.27. The van der Waals surface area contributed by atoms with Gasteiger partial charge in [-0.1, -0.05) is 78.7 Å². The molecule has 4 aromatic rings. The van der Waals surface area contributed by atoms with Crippen LogP contribution in [0.5, 0.6) is 0 Å². The number of carbonyl (C=O) groups excluding carboxylic acids is 1. The number of carbonyl (C=O) groups is 1. The first kappa shape index (κ1) is 25.3. The minimum Gasteiger partial charge on any atom is -0.463 e. The van der Waals surface area contributed by atoms with Crippen molar-refractivity contribution in [3.05, 3.63) is 111 Å². The molecule has 0 bridgehead atoms. The highest BCUT2D eigenvalue weighted by Gasteiger charge is 2.21. The summed E-state index contributed by atoms with van der Waals surface area (Å²) in [7, 11) is 0. The zero-order chi connectivity index (χ0) is 25.7. The van der Waals surface area contributed by atoms with Gasteiger partial charge in [-0.2, -0.15) is 5.26 Å². The summed E-state index contributed by atoms with van der Waals surface area (Å²) in [5.41, 5.74) is 6.67. The maximum Gasteiger partial charge on any atom is 0.330 e. The lowest BCUT2D eigenvalue weighted by Gasteiger charge is -2.17. The third kappa shape index (κ3) is 5.23. The Morgan fingerprint density at radius 2 is 1.81 bits per heavy atom. The summed E-state index contributed by atoms with van der Waals surface area (Å²) in [6.07, 6.45) is 3.79. The van der Waals surface area contributed by atoms with Crippen molar-refractivity contribution in [1.82, 2.24) is 4.98 Å². The molecule has 3 aromatic carbocycles. The Balaban J connectivity index is 1.94. The van der Waals surface area contributed by atoms with Crippen LogP contribution < -0.4 is 0 Å². The van der Waals surface area contributed by atoms with Crippen LogP contribution in [-0.2, 0) is 9.53 Å². The van der Waals surface area contributed by atoms with Gasteiger partial charge in [0.2, 0.25) is 0 Å². The van der Waals surface area contributed by atoms with Crippen LogP contribution in [0.3, 0.4) is 0 Å². The van der Waals surface area contributed by atoms with Gasteiger partial charge < -0.3 is 9.72 Å². The van der Waals surface area contributed by atoms with Gasteiger partial charge in [-0.05, 0) is 59.9 Å². The molecule has 0 amide bonds. The van der Waals surface area contributed by atoms with Crippen molar-refractivity contribution in [2.75, 3.05) is 6.61 Å². The number of fused-ring (bicyclic) bond motifs is 1. The lowest BCUT2D eigenvalue weighted by molar-refractivity contribution is -0.137. The third-order valence-electron chi connectivity index (χ3n) is 5.88. The van der Waals surface area contributed by atoms with E-state index in [4.69, 9.17) is 27.9 Å². The predicted molar refractivity (Wildman–Crippen MR) is 148 cm³/mol. The SMILES string of the molecule is CCOC(=O)/C=C/c1ccc(/C(=C(/CC)c2ccc(Cl)cc2Cl)c2[nH]c3ccccc3c2C#N)cc1. The number of nitriles is 1. The van der Waals surface area contributed by atoms with E-state index in [1.165, 1.54) is 6.08 Å². The van der Waals surface area contributed by atoms with Crippen LogP contribution in [0.4, 0.5) is 0 Å². The van der Waals surface area contributed by atoms with E-state index in [1.807, 2.05) is 60.7 Å². The van der Waals surface area contributed by atoms with Gasteiger partial charge in [0, 0.05) is 32.6 Å². The van der Waals surface area contributed by atoms with Gasteiger partial charge in [-0.25, -0.2) is 4.79 Å². The van der Waals surface area contributed by atoms with E-state index in [1.54, 1.807) is 19.1 Å². The maximum atomic E-state index is 11.7. The summed E-state index contributed by atoms with van der Waals surface area (Å²) < 4.78 is 4.96. The molecule has 0 saturated carbocycles. The van der Waals surface area contributed by atoms with Gasteiger partial charge in [0.1, 0.15) is 6.07 Å². The summed E-state index contributed by atoms with van der Waals surface area (Å²) in [6.45, 7) is 4.16. The zero-order valence-electron chi connectivity index (χ0n) is 19.9. The zero-order valence-corrected chi connectivity index (χ0v) is 21.5. The molecule has 0 radical (unpaired) electrons. The largest absolute Gasteiger partial charge is 0.463 e. The number of benzene rings is 3. The van der Waals surface area contributed by atoms with Gasteiger partial charge in [0.05, 0.1) is 17.9 Å². The van der Waals surface area contributed by atoms with Gasteiger partial charge >= 0.3 is 5.97 Å². The monoisotopic (exact) mass is 514 g/mol. The Bertz CT molecular complexity index is 1520. The van der Waals surface area contributed by atoms with Crippen LogP contribution in [0, 0.1) is 11.3 Å². The topological polar surface area (TPSA) is 65.9 Å². The van der Waals surface area contributed by atoms with E-state index in [0.29, 0.717) is 28.6 Å². The Kier molecular flexibility index (Phi) is 7.95. The normalized spacial score (nSPS) is 12.0. The molecular weight excluding hydrogens is 491 g/mol. The Labute approximate surface area is 220 Å². The first-order valence-electron chi connectivity index (χ1n) is 11.6. The van der Waals surface area contributed by atoms with Crippen LogP contribution >= 0.6 is 23.2 Å². The minimum absolute atomic E-state index is 0.328. The average molecular weight is 515 g/mol. The molecule has 1 heterocycles. The summed E-state index contributed by atoms with van der Waals surface area (Å²) in [4.78, 5) is 15.2. The van der Waals surface area contributed by atoms with Crippen molar-refractivity contribution in [2.24, 2.45) is 0 Å². The Morgan fingerprint density at radius 1 is 1.06 bits per heavy atom. The quantitative estimate of drug-likeness (QED) is 0.153. The number of para-hydroxylation sites is 1. The molecule has 0 fully saturated rings. The molecule has 0 saturated heterocycles. The van der Waals surface area contributed by atoms with Gasteiger partial charge in [0.15, 0.2) is 0 Å². The summed E-state index contributed by atoms with van der Waals surface area (Å²) in [5, 5.41) is 12.1. The number of nitrogens with one attached hydrogen (secondary N) is 1. The second kappa shape index (κ2) is 11.3. The van der Waals surface area contributed by atoms with E-state index in [2.05, 4.69) is 18.0 Å².